The molecule has 1 amide bonds. The summed E-state index contributed by atoms with van der Waals surface area (Å²) in [7, 11) is 0. The summed E-state index contributed by atoms with van der Waals surface area (Å²) in [4.78, 5) is 12.0. The molecule has 23 heavy (non-hydrogen) atoms. The number of aliphatic hydroxyl groups is 2. The highest BCUT2D eigenvalue weighted by atomic mass is 35.5. The van der Waals surface area contributed by atoms with E-state index in [1.165, 1.54) is 12.1 Å². The fraction of sp³-hybridized carbons (Fsp3) is 0.385. The molecule has 6 nitrogen and oxygen atoms in total. The van der Waals surface area contributed by atoms with Crippen LogP contribution >= 0.6 is 46.4 Å². The molecule has 0 saturated carbocycles. The predicted molar refractivity (Wildman–Crippen MR) is 90.7 cm³/mol. The number of hydrogen-bond acceptors (Lipinski definition) is 5. The van der Waals surface area contributed by atoms with Gasteiger partial charge in [0.15, 0.2) is 4.33 Å². The third-order valence-electron chi connectivity index (χ3n) is 2.72. The first-order valence-electron chi connectivity index (χ1n) is 6.25. The third-order valence-corrected chi connectivity index (χ3v) is 3.90. The second-order valence-electron chi connectivity index (χ2n) is 4.57. The molecular weight excluding hydrogens is 390 g/mol. The van der Waals surface area contributed by atoms with Crippen LogP contribution in [0, 0.1) is 0 Å². The summed E-state index contributed by atoms with van der Waals surface area (Å²) in [5.74, 6) is -0.979. The molecule has 1 aromatic rings. The molecule has 0 saturated heterocycles. The molecule has 0 heterocycles. The van der Waals surface area contributed by atoms with E-state index >= 15 is 0 Å². The minimum atomic E-state index is -1.86. The summed E-state index contributed by atoms with van der Waals surface area (Å²) < 4.78 is -3.52. The van der Waals surface area contributed by atoms with Gasteiger partial charge in [0, 0.05) is 6.42 Å². The van der Waals surface area contributed by atoms with Crippen molar-refractivity contribution < 1.29 is 20.1 Å². The minimum absolute atomic E-state index is 0.0282. The molecule has 0 aliphatic carbocycles. The maximum Gasteiger partial charge on any atom is 0.275 e. The highest BCUT2D eigenvalue weighted by Crippen LogP contribution is 2.32. The van der Waals surface area contributed by atoms with Gasteiger partial charge < -0.3 is 15.3 Å². The Balaban J connectivity index is 3.01. The Morgan fingerprint density at radius 1 is 1.13 bits per heavy atom. The van der Waals surface area contributed by atoms with Gasteiger partial charge in [0.05, 0.1) is 24.5 Å². The van der Waals surface area contributed by atoms with E-state index in [0.29, 0.717) is 0 Å². The zero-order valence-electron chi connectivity index (χ0n) is 11.6. The van der Waals surface area contributed by atoms with Gasteiger partial charge in [0.25, 0.3) is 5.91 Å². The molecule has 0 bridgehead atoms. The first kappa shape index (κ1) is 20.3. The maximum absolute atomic E-state index is 12.0. The number of hydrazone groups is 1. The number of amides is 1. The van der Waals surface area contributed by atoms with E-state index in [4.69, 9.17) is 51.5 Å². The van der Waals surface area contributed by atoms with Crippen molar-refractivity contribution in [3.8, 4) is 5.75 Å². The van der Waals surface area contributed by atoms with E-state index in [0.717, 1.165) is 0 Å². The number of para-hydroxylation sites is 1. The van der Waals surface area contributed by atoms with Gasteiger partial charge in [-0.3, -0.25) is 4.79 Å². The lowest BCUT2D eigenvalue weighted by molar-refractivity contribution is 0.0952. The molecule has 1 rings (SSSR count). The monoisotopic (exact) mass is 402 g/mol. The lowest BCUT2D eigenvalue weighted by Gasteiger charge is -2.24. The third kappa shape index (κ3) is 5.99. The summed E-state index contributed by atoms with van der Waals surface area (Å²) in [5, 5.41) is 31.6. The van der Waals surface area contributed by atoms with Crippen LogP contribution in [0.4, 0.5) is 0 Å². The number of hydrogen-bond donors (Lipinski definition) is 4. The van der Waals surface area contributed by atoms with Gasteiger partial charge in [-0.2, -0.15) is 5.10 Å². The van der Waals surface area contributed by atoms with Crippen molar-refractivity contribution in [3.05, 3.63) is 29.8 Å². The van der Waals surface area contributed by atoms with Crippen LogP contribution in [-0.2, 0) is 0 Å². The fourth-order valence-electron chi connectivity index (χ4n) is 1.49. The zero-order valence-corrected chi connectivity index (χ0v) is 14.7. The second-order valence-corrected chi connectivity index (χ2v) is 7.69. The smallest absolute Gasteiger partial charge is 0.275 e. The lowest BCUT2D eigenvalue weighted by atomic mass is 10.1. The Kier molecular flexibility index (Phi) is 7.38. The van der Waals surface area contributed by atoms with Gasteiger partial charge in [-0.1, -0.05) is 58.5 Å². The quantitative estimate of drug-likeness (QED) is 0.318. The molecule has 1 aromatic carbocycles. The topological polar surface area (TPSA) is 102 Å². The Labute approximate surface area is 152 Å². The molecule has 10 heteroatoms. The summed E-state index contributed by atoms with van der Waals surface area (Å²) >= 11 is 23.4. The highest BCUT2D eigenvalue weighted by molar-refractivity contribution is 6.60. The summed E-state index contributed by atoms with van der Waals surface area (Å²) in [6.45, 7) is -1.35. The van der Waals surface area contributed by atoms with Crippen LogP contribution in [0.2, 0.25) is 0 Å². The molecule has 128 valence electrons. The molecule has 4 N–H and O–H groups in total. The average molecular weight is 404 g/mol. The van der Waals surface area contributed by atoms with Crippen LogP contribution in [0.3, 0.4) is 0 Å². The predicted octanol–water partition coefficient (Wildman–Crippen LogP) is 2.20. The van der Waals surface area contributed by atoms with Gasteiger partial charge in [-0.05, 0) is 12.1 Å². The Hall–Kier alpha value is -0.760. The summed E-state index contributed by atoms with van der Waals surface area (Å²) in [6.07, 6.45) is -0.318. The van der Waals surface area contributed by atoms with E-state index in [2.05, 4.69) is 10.5 Å². The maximum atomic E-state index is 12.0. The number of aliphatic hydroxyl groups excluding tert-OH is 2. The molecule has 0 aliphatic heterocycles. The van der Waals surface area contributed by atoms with Gasteiger partial charge in [-0.25, -0.2) is 5.43 Å². The van der Waals surface area contributed by atoms with Crippen LogP contribution in [-0.4, -0.2) is 48.8 Å². The molecule has 0 spiro atoms. The largest absolute Gasteiger partial charge is 0.507 e. The first-order valence-corrected chi connectivity index (χ1v) is 7.77. The molecule has 0 fully saturated rings. The number of carbonyl (C=O) groups is 1. The number of phenols is 1. The van der Waals surface area contributed by atoms with Crippen LogP contribution in [0.25, 0.3) is 0 Å². The van der Waals surface area contributed by atoms with Crippen LogP contribution in [0.1, 0.15) is 16.8 Å². The molecular formula is C13H14Cl4N2O4. The molecule has 0 atom stereocenters. The standard InChI is InChI=1S/C13H14Cl4N2O4/c14-12(15,6-20)5-10(13(16,17)7-21)18-19-11(23)8-3-1-2-4-9(8)22/h1-4,20-22H,5-7H2,(H,19,23)/b18-10-. The molecule has 0 aliphatic rings. The van der Waals surface area contributed by atoms with Gasteiger partial charge in [0.2, 0.25) is 0 Å². The van der Waals surface area contributed by atoms with Crippen molar-refractivity contribution in [2.24, 2.45) is 5.10 Å². The fourth-order valence-corrected chi connectivity index (χ4v) is 1.96. The number of carbonyl (C=O) groups excluding carboxylic acids is 1. The number of nitrogens with zero attached hydrogens (tertiary/aromatic N) is 1. The molecule has 0 radical (unpaired) electrons. The van der Waals surface area contributed by atoms with Crippen molar-refractivity contribution in [3.63, 3.8) is 0 Å². The van der Waals surface area contributed by atoms with Crippen molar-refractivity contribution in [2.75, 3.05) is 13.2 Å². The normalized spacial score (nSPS) is 13.0. The molecule has 0 aromatic heterocycles. The Morgan fingerprint density at radius 2 is 1.74 bits per heavy atom. The van der Waals surface area contributed by atoms with Crippen molar-refractivity contribution in [1.29, 1.82) is 0 Å². The number of benzene rings is 1. The zero-order chi connectivity index (χ0) is 17.7. The van der Waals surface area contributed by atoms with Crippen LogP contribution in [0.15, 0.2) is 29.4 Å². The number of phenolic OH excluding ortho intramolecular Hbond substituents is 1. The van der Waals surface area contributed by atoms with Crippen LogP contribution < -0.4 is 5.43 Å². The number of nitrogens with one attached hydrogen (secondary N) is 1. The summed E-state index contributed by atoms with van der Waals surface area (Å²) in [6, 6.07) is 5.80. The van der Waals surface area contributed by atoms with E-state index in [9.17, 15) is 15.0 Å². The van der Waals surface area contributed by atoms with Crippen molar-refractivity contribution in [1.82, 2.24) is 5.43 Å². The van der Waals surface area contributed by atoms with Gasteiger partial charge in [-0.15, -0.1) is 0 Å². The second kappa shape index (κ2) is 8.37. The van der Waals surface area contributed by atoms with E-state index in [-0.39, 0.29) is 23.4 Å². The minimum Gasteiger partial charge on any atom is -0.507 e. The number of alkyl halides is 4. The Bertz CT molecular complexity index is 593. The summed E-state index contributed by atoms with van der Waals surface area (Å²) in [5.41, 5.74) is 1.95. The lowest BCUT2D eigenvalue weighted by Crippen LogP contribution is -2.38. The van der Waals surface area contributed by atoms with Gasteiger partial charge in [0.1, 0.15) is 10.1 Å². The van der Waals surface area contributed by atoms with Crippen molar-refractivity contribution in [2.45, 2.75) is 15.1 Å². The number of rotatable bonds is 7. The molecule has 0 unspecified atom stereocenters. The first-order chi connectivity index (χ1) is 10.6. The van der Waals surface area contributed by atoms with Crippen molar-refractivity contribution >= 4 is 58.0 Å². The van der Waals surface area contributed by atoms with E-state index in [1.807, 2.05) is 0 Å². The van der Waals surface area contributed by atoms with Crippen LogP contribution in [0.5, 0.6) is 5.75 Å². The van der Waals surface area contributed by atoms with Gasteiger partial charge >= 0.3 is 0 Å². The SMILES string of the molecule is O=C(N/N=C(/CC(Cl)(Cl)CO)C(Cl)(Cl)CO)c1ccccc1O. The Morgan fingerprint density at radius 3 is 2.26 bits per heavy atom. The van der Waals surface area contributed by atoms with E-state index < -0.39 is 27.8 Å². The average Bonchev–Trinajstić information content (AvgIpc) is 2.51. The van der Waals surface area contributed by atoms with E-state index in [1.54, 1.807) is 12.1 Å². The number of halogens is 4. The highest BCUT2D eigenvalue weighted by Gasteiger charge is 2.37. The number of aromatic hydroxyl groups is 1.